The van der Waals surface area contributed by atoms with Gasteiger partial charge in [-0.05, 0) is 5.92 Å². The van der Waals surface area contributed by atoms with Gasteiger partial charge in [-0.25, -0.2) is 4.98 Å². The summed E-state index contributed by atoms with van der Waals surface area (Å²) in [6, 6.07) is 0. The van der Waals surface area contributed by atoms with E-state index in [0.29, 0.717) is 6.54 Å². The van der Waals surface area contributed by atoms with Crippen LogP contribution in [0, 0.1) is 5.92 Å². The van der Waals surface area contributed by atoms with E-state index in [1.807, 2.05) is 6.92 Å². The number of aliphatic carboxylic acids is 1. The molecule has 6 heteroatoms. The number of carboxylic acid groups (broad SMARTS) is 1. The van der Waals surface area contributed by atoms with Crippen molar-refractivity contribution in [1.82, 2.24) is 9.97 Å². The van der Waals surface area contributed by atoms with Crippen LogP contribution in [0.3, 0.4) is 0 Å². The van der Waals surface area contributed by atoms with Gasteiger partial charge < -0.3 is 15.4 Å². The Morgan fingerprint density at radius 2 is 2.44 bits per heavy atom. The molecule has 3 N–H and O–H groups in total. The van der Waals surface area contributed by atoms with Gasteiger partial charge in [0.05, 0.1) is 0 Å². The van der Waals surface area contributed by atoms with Gasteiger partial charge in [0.1, 0.15) is 0 Å². The normalized spacial score (nSPS) is 12.1. The van der Waals surface area contributed by atoms with E-state index in [2.05, 4.69) is 15.3 Å². The van der Waals surface area contributed by atoms with Crippen LogP contribution in [0.5, 0.6) is 0 Å². The van der Waals surface area contributed by atoms with Gasteiger partial charge in [0.25, 0.3) is 5.56 Å². The number of hydrogen-bond donors (Lipinski definition) is 3. The summed E-state index contributed by atoms with van der Waals surface area (Å²) in [6.07, 6.45) is 3.75. The van der Waals surface area contributed by atoms with Crippen molar-refractivity contribution in [3.63, 3.8) is 0 Å². The summed E-state index contributed by atoms with van der Waals surface area (Å²) in [5.74, 6) is -0.603. The molecule has 1 unspecified atom stereocenters. The van der Waals surface area contributed by atoms with Crippen LogP contribution in [0.15, 0.2) is 17.2 Å². The van der Waals surface area contributed by atoms with E-state index in [-0.39, 0.29) is 23.7 Å². The van der Waals surface area contributed by atoms with Crippen LogP contribution in [0.1, 0.15) is 19.8 Å². The second-order valence-corrected chi connectivity index (χ2v) is 3.52. The van der Waals surface area contributed by atoms with Gasteiger partial charge in [-0.3, -0.25) is 9.59 Å². The van der Waals surface area contributed by atoms with Crippen molar-refractivity contribution in [2.24, 2.45) is 5.92 Å². The monoisotopic (exact) mass is 225 g/mol. The maximum atomic E-state index is 11.2. The summed E-state index contributed by atoms with van der Waals surface area (Å²) in [5, 5.41) is 11.5. The molecule has 0 radical (unpaired) electrons. The molecule has 0 saturated heterocycles. The number of aromatic amines is 1. The summed E-state index contributed by atoms with van der Waals surface area (Å²) >= 11 is 0. The molecule has 0 saturated carbocycles. The Morgan fingerprint density at radius 3 is 3.00 bits per heavy atom. The summed E-state index contributed by atoms with van der Waals surface area (Å²) in [6.45, 7) is 2.35. The van der Waals surface area contributed by atoms with Crippen LogP contribution in [-0.2, 0) is 4.79 Å². The molecule has 0 amide bonds. The quantitative estimate of drug-likeness (QED) is 0.661. The van der Waals surface area contributed by atoms with Crippen LogP contribution in [0.4, 0.5) is 5.82 Å². The molecule has 16 heavy (non-hydrogen) atoms. The first-order valence-corrected chi connectivity index (χ1v) is 5.12. The number of nitrogens with one attached hydrogen (secondary N) is 2. The third-order valence-electron chi connectivity index (χ3n) is 2.31. The number of nitrogens with zero attached hydrogens (tertiary/aromatic N) is 1. The highest BCUT2D eigenvalue weighted by Crippen LogP contribution is 2.08. The fourth-order valence-electron chi connectivity index (χ4n) is 1.33. The van der Waals surface area contributed by atoms with Crippen molar-refractivity contribution < 1.29 is 9.90 Å². The highest BCUT2D eigenvalue weighted by atomic mass is 16.4. The maximum absolute atomic E-state index is 11.2. The molecule has 0 aliphatic carbocycles. The summed E-state index contributed by atoms with van der Waals surface area (Å²) in [4.78, 5) is 28.1. The Balaban J connectivity index is 2.53. The molecule has 1 heterocycles. The first kappa shape index (κ1) is 12.2. The molecule has 1 atom stereocenters. The molecule has 1 aromatic rings. The van der Waals surface area contributed by atoms with Crippen LogP contribution in [-0.4, -0.2) is 27.6 Å². The van der Waals surface area contributed by atoms with E-state index in [1.54, 1.807) is 0 Å². The minimum Gasteiger partial charge on any atom is -0.481 e. The lowest BCUT2D eigenvalue weighted by Crippen LogP contribution is -2.22. The number of carboxylic acids is 1. The van der Waals surface area contributed by atoms with Crippen LogP contribution >= 0.6 is 0 Å². The largest absolute Gasteiger partial charge is 0.481 e. The second kappa shape index (κ2) is 5.89. The molecular formula is C10H15N3O3. The molecule has 0 bridgehead atoms. The maximum Gasteiger partial charge on any atom is 0.303 e. The third-order valence-corrected chi connectivity index (χ3v) is 2.31. The zero-order chi connectivity index (χ0) is 12.0. The number of aromatic nitrogens is 2. The Morgan fingerprint density at radius 1 is 1.69 bits per heavy atom. The molecule has 0 aliphatic rings. The molecule has 1 aromatic heterocycles. The first-order chi connectivity index (χ1) is 7.63. The van der Waals surface area contributed by atoms with E-state index < -0.39 is 5.97 Å². The van der Waals surface area contributed by atoms with Gasteiger partial charge in [-0.1, -0.05) is 13.3 Å². The summed E-state index contributed by atoms with van der Waals surface area (Å²) in [5.41, 5.74) is -0.298. The van der Waals surface area contributed by atoms with Crippen molar-refractivity contribution in [2.75, 3.05) is 11.9 Å². The van der Waals surface area contributed by atoms with E-state index >= 15 is 0 Å². The Labute approximate surface area is 92.7 Å². The zero-order valence-corrected chi connectivity index (χ0v) is 9.06. The lowest BCUT2D eigenvalue weighted by Gasteiger charge is -2.12. The van der Waals surface area contributed by atoms with Crippen molar-refractivity contribution in [3.8, 4) is 0 Å². The number of anilines is 1. The standard InChI is InChI=1S/C10H15N3O3/c1-2-7(5-8(14)15)6-13-9-10(16)12-4-3-11-9/h3-4,7H,2,5-6H2,1H3,(H,11,13)(H,12,16)(H,14,15). The molecule has 6 nitrogen and oxygen atoms in total. The average Bonchev–Trinajstić information content (AvgIpc) is 2.25. The minimum atomic E-state index is -0.830. The highest BCUT2D eigenvalue weighted by Gasteiger charge is 2.11. The van der Waals surface area contributed by atoms with Crippen LogP contribution in [0.2, 0.25) is 0 Å². The number of rotatable bonds is 6. The SMILES string of the molecule is CCC(CNc1ncc[nH]c1=O)CC(=O)O. The van der Waals surface area contributed by atoms with E-state index in [4.69, 9.17) is 5.11 Å². The van der Waals surface area contributed by atoms with Crippen molar-refractivity contribution in [2.45, 2.75) is 19.8 Å². The second-order valence-electron chi connectivity index (χ2n) is 3.52. The predicted octanol–water partition coefficient (Wildman–Crippen LogP) is 0.683. The van der Waals surface area contributed by atoms with Gasteiger partial charge in [-0.2, -0.15) is 0 Å². The summed E-state index contributed by atoms with van der Waals surface area (Å²) < 4.78 is 0. The Hall–Kier alpha value is -1.85. The lowest BCUT2D eigenvalue weighted by molar-refractivity contribution is -0.138. The smallest absolute Gasteiger partial charge is 0.303 e. The fourth-order valence-corrected chi connectivity index (χ4v) is 1.33. The van der Waals surface area contributed by atoms with Crippen molar-refractivity contribution >= 4 is 11.8 Å². The predicted molar refractivity (Wildman–Crippen MR) is 59.4 cm³/mol. The highest BCUT2D eigenvalue weighted by molar-refractivity contribution is 5.67. The van der Waals surface area contributed by atoms with Gasteiger partial charge >= 0.3 is 5.97 Å². The van der Waals surface area contributed by atoms with E-state index in [9.17, 15) is 9.59 Å². The first-order valence-electron chi connectivity index (χ1n) is 5.12. The van der Waals surface area contributed by atoms with Gasteiger partial charge in [0.15, 0.2) is 5.82 Å². The van der Waals surface area contributed by atoms with E-state index in [0.717, 1.165) is 6.42 Å². The lowest BCUT2D eigenvalue weighted by atomic mass is 10.0. The average molecular weight is 225 g/mol. The molecular weight excluding hydrogens is 210 g/mol. The van der Waals surface area contributed by atoms with Gasteiger partial charge in [0, 0.05) is 25.4 Å². The third kappa shape index (κ3) is 3.72. The molecule has 0 aliphatic heterocycles. The minimum absolute atomic E-state index is 0.00101. The molecule has 1 rings (SSSR count). The van der Waals surface area contributed by atoms with Crippen molar-refractivity contribution in [1.29, 1.82) is 0 Å². The topological polar surface area (TPSA) is 95.1 Å². The van der Waals surface area contributed by atoms with Crippen LogP contribution < -0.4 is 10.9 Å². The van der Waals surface area contributed by atoms with Crippen molar-refractivity contribution in [3.05, 3.63) is 22.7 Å². The van der Waals surface area contributed by atoms with Gasteiger partial charge in [-0.15, -0.1) is 0 Å². The van der Waals surface area contributed by atoms with Gasteiger partial charge in [0.2, 0.25) is 0 Å². The zero-order valence-electron chi connectivity index (χ0n) is 9.06. The summed E-state index contributed by atoms with van der Waals surface area (Å²) in [7, 11) is 0. The fraction of sp³-hybridized carbons (Fsp3) is 0.500. The number of carbonyl (C=O) groups is 1. The molecule has 0 aromatic carbocycles. The molecule has 88 valence electrons. The number of hydrogen-bond acceptors (Lipinski definition) is 4. The van der Waals surface area contributed by atoms with Crippen LogP contribution in [0.25, 0.3) is 0 Å². The Bertz CT molecular complexity index is 402. The van der Waals surface area contributed by atoms with E-state index in [1.165, 1.54) is 12.4 Å². The molecule has 0 spiro atoms. The molecule has 0 fully saturated rings. The Kier molecular flexibility index (Phi) is 4.50. The number of H-pyrrole nitrogens is 1.